The van der Waals surface area contributed by atoms with Crippen LogP contribution in [-0.2, 0) is 0 Å². The van der Waals surface area contributed by atoms with Crippen molar-refractivity contribution in [1.29, 1.82) is 0 Å². The van der Waals surface area contributed by atoms with E-state index in [0.717, 1.165) is 0 Å². The molecule has 2 N–H and O–H groups in total. The van der Waals surface area contributed by atoms with Gasteiger partial charge in [-0.25, -0.2) is 9.97 Å². The van der Waals surface area contributed by atoms with Crippen molar-refractivity contribution >= 4 is 11.9 Å². The summed E-state index contributed by atoms with van der Waals surface area (Å²) in [5.74, 6) is 1.15. The molecule has 82 valence electrons. The molecule has 0 saturated carbocycles. The van der Waals surface area contributed by atoms with Gasteiger partial charge in [0.1, 0.15) is 6.33 Å². The van der Waals surface area contributed by atoms with Crippen molar-refractivity contribution in [3.05, 3.63) is 18.7 Å². The Morgan fingerprint density at radius 3 is 2.38 bits per heavy atom. The first kappa shape index (κ1) is 10.2. The van der Waals surface area contributed by atoms with Gasteiger partial charge >= 0.3 is 0 Å². The van der Waals surface area contributed by atoms with Crippen LogP contribution in [0.2, 0.25) is 0 Å². The lowest BCUT2D eigenvalue weighted by atomic mass is 10.3. The van der Waals surface area contributed by atoms with E-state index in [2.05, 4.69) is 24.9 Å². The van der Waals surface area contributed by atoms with Gasteiger partial charge in [-0.3, -0.25) is 0 Å². The Kier molecular flexibility index (Phi) is 2.59. The highest BCUT2D eigenvalue weighted by Crippen LogP contribution is 2.15. The lowest BCUT2D eigenvalue weighted by molar-refractivity contribution is 0.967. The van der Waals surface area contributed by atoms with E-state index in [1.54, 1.807) is 17.3 Å². The van der Waals surface area contributed by atoms with Gasteiger partial charge in [0, 0.05) is 26.5 Å². The molecule has 0 amide bonds. The second kappa shape index (κ2) is 4.05. The van der Waals surface area contributed by atoms with Crippen molar-refractivity contribution in [2.75, 3.05) is 24.7 Å². The zero-order valence-electron chi connectivity index (χ0n) is 8.99. The molecule has 2 aromatic rings. The van der Waals surface area contributed by atoms with Crippen molar-refractivity contribution in [3.63, 3.8) is 0 Å². The molecule has 0 atom stereocenters. The van der Waals surface area contributed by atoms with E-state index in [4.69, 9.17) is 5.73 Å². The molecule has 0 bridgehead atoms. The van der Waals surface area contributed by atoms with E-state index in [9.17, 15) is 0 Å². The van der Waals surface area contributed by atoms with Crippen LogP contribution in [0.3, 0.4) is 0 Å². The van der Waals surface area contributed by atoms with Crippen LogP contribution in [0.15, 0.2) is 18.7 Å². The fourth-order valence-electron chi connectivity index (χ4n) is 1.12. The van der Waals surface area contributed by atoms with E-state index in [1.165, 1.54) is 6.33 Å². The predicted octanol–water partition coefficient (Wildman–Crippen LogP) is -0.0232. The topological polar surface area (TPSA) is 93.7 Å². The van der Waals surface area contributed by atoms with E-state index in [1.807, 2.05) is 14.1 Å². The van der Waals surface area contributed by atoms with Crippen LogP contribution in [0.1, 0.15) is 0 Å². The highest BCUT2D eigenvalue weighted by molar-refractivity contribution is 5.55. The number of hydrogen-bond donors (Lipinski definition) is 1. The lowest BCUT2D eigenvalue weighted by Gasteiger charge is -2.10. The van der Waals surface area contributed by atoms with Crippen LogP contribution in [0.25, 0.3) is 11.4 Å². The van der Waals surface area contributed by atoms with Gasteiger partial charge in [-0.1, -0.05) is 0 Å². The van der Waals surface area contributed by atoms with Gasteiger partial charge in [0.05, 0.1) is 5.56 Å². The molecule has 2 heterocycles. The van der Waals surface area contributed by atoms with Gasteiger partial charge in [-0.2, -0.15) is 15.0 Å². The van der Waals surface area contributed by atoms with Gasteiger partial charge in [0.25, 0.3) is 0 Å². The molecule has 7 heteroatoms. The molecule has 2 rings (SSSR count). The molecule has 0 aromatic carbocycles. The number of aromatic nitrogens is 5. The molecule has 0 saturated heterocycles. The minimum absolute atomic E-state index is 0.178. The quantitative estimate of drug-likeness (QED) is 0.755. The van der Waals surface area contributed by atoms with Gasteiger partial charge in [-0.15, -0.1) is 0 Å². The molecule has 0 spiro atoms. The van der Waals surface area contributed by atoms with Gasteiger partial charge < -0.3 is 10.6 Å². The summed E-state index contributed by atoms with van der Waals surface area (Å²) in [6.07, 6.45) is 4.70. The van der Waals surface area contributed by atoms with Crippen LogP contribution in [0, 0.1) is 0 Å². The minimum Gasteiger partial charge on any atom is -0.368 e. The summed E-state index contributed by atoms with van der Waals surface area (Å²) in [6, 6.07) is 0. The Hall–Kier alpha value is -2.31. The summed E-state index contributed by atoms with van der Waals surface area (Å²) < 4.78 is 0. The van der Waals surface area contributed by atoms with E-state index in [-0.39, 0.29) is 5.95 Å². The SMILES string of the molecule is CN(C)c1nc(N)nc(-c2cncnc2)n1. The van der Waals surface area contributed by atoms with E-state index >= 15 is 0 Å². The van der Waals surface area contributed by atoms with Crippen molar-refractivity contribution in [2.45, 2.75) is 0 Å². The Morgan fingerprint density at radius 1 is 1.06 bits per heavy atom. The Labute approximate surface area is 92.4 Å². The average molecular weight is 217 g/mol. The molecule has 16 heavy (non-hydrogen) atoms. The average Bonchev–Trinajstić information content (AvgIpc) is 2.29. The third-order valence-corrected chi connectivity index (χ3v) is 1.86. The summed E-state index contributed by atoms with van der Waals surface area (Å²) in [7, 11) is 3.67. The Morgan fingerprint density at radius 2 is 1.75 bits per heavy atom. The van der Waals surface area contributed by atoms with Gasteiger partial charge in [-0.05, 0) is 0 Å². The maximum Gasteiger partial charge on any atom is 0.230 e. The van der Waals surface area contributed by atoms with E-state index in [0.29, 0.717) is 17.3 Å². The molecule has 0 radical (unpaired) electrons. The molecular weight excluding hydrogens is 206 g/mol. The zero-order chi connectivity index (χ0) is 11.5. The molecule has 0 aliphatic rings. The van der Waals surface area contributed by atoms with Crippen LogP contribution < -0.4 is 10.6 Å². The van der Waals surface area contributed by atoms with Crippen LogP contribution >= 0.6 is 0 Å². The number of anilines is 2. The monoisotopic (exact) mass is 217 g/mol. The smallest absolute Gasteiger partial charge is 0.230 e. The number of hydrogen-bond acceptors (Lipinski definition) is 7. The standard InChI is InChI=1S/C9H11N7/c1-16(2)9-14-7(13-8(10)15-9)6-3-11-5-12-4-6/h3-5H,1-2H3,(H2,10,13,14,15). The first-order chi connectivity index (χ1) is 7.66. The van der Waals surface area contributed by atoms with Gasteiger partial charge in [0.15, 0.2) is 5.82 Å². The maximum absolute atomic E-state index is 5.60. The van der Waals surface area contributed by atoms with Crippen LogP contribution in [-0.4, -0.2) is 39.0 Å². The van der Waals surface area contributed by atoms with Crippen LogP contribution in [0.5, 0.6) is 0 Å². The number of nitrogens with zero attached hydrogens (tertiary/aromatic N) is 6. The van der Waals surface area contributed by atoms with Gasteiger partial charge in [0.2, 0.25) is 11.9 Å². The molecule has 0 aliphatic heterocycles. The second-order valence-corrected chi connectivity index (χ2v) is 3.34. The molecule has 2 aromatic heterocycles. The molecule has 0 unspecified atom stereocenters. The molecule has 0 fully saturated rings. The molecule has 0 aliphatic carbocycles. The number of nitrogen functional groups attached to an aromatic ring is 1. The fourth-order valence-corrected chi connectivity index (χ4v) is 1.12. The fraction of sp³-hybridized carbons (Fsp3) is 0.222. The predicted molar refractivity (Wildman–Crippen MR) is 59.6 cm³/mol. The van der Waals surface area contributed by atoms with Crippen molar-refractivity contribution in [1.82, 2.24) is 24.9 Å². The highest BCUT2D eigenvalue weighted by Gasteiger charge is 2.08. The van der Waals surface area contributed by atoms with Crippen LogP contribution in [0.4, 0.5) is 11.9 Å². The van der Waals surface area contributed by atoms with Crippen molar-refractivity contribution in [3.8, 4) is 11.4 Å². The first-order valence-corrected chi connectivity index (χ1v) is 4.61. The Balaban J connectivity index is 2.50. The minimum atomic E-state index is 0.178. The van der Waals surface area contributed by atoms with Crippen molar-refractivity contribution in [2.24, 2.45) is 0 Å². The highest BCUT2D eigenvalue weighted by atomic mass is 15.3. The first-order valence-electron chi connectivity index (χ1n) is 4.61. The number of nitrogens with two attached hydrogens (primary N) is 1. The third kappa shape index (κ3) is 2.02. The summed E-state index contributed by atoms with van der Waals surface area (Å²) >= 11 is 0. The third-order valence-electron chi connectivity index (χ3n) is 1.86. The summed E-state index contributed by atoms with van der Waals surface area (Å²) in [4.78, 5) is 21.8. The molecular formula is C9H11N7. The largest absolute Gasteiger partial charge is 0.368 e. The normalized spacial score (nSPS) is 10.1. The second-order valence-electron chi connectivity index (χ2n) is 3.34. The zero-order valence-corrected chi connectivity index (χ0v) is 8.99. The summed E-state index contributed by atoms with van der Waals surface area (Å²) in [5, 5.41) is 0. The lowest BCUT2D eigenvalue weighted by Crippen LogP contribution is -2.15. The van der Waals surface area contributed by atoms with Crippen molar-refractivity contribution < 1.29 is 0 Å². The summed E-state index contributed by atoms with van der Waals surface area (Å²) in [6.45, 7) is 0. The molecule has 7 nitrogen and oxygen atoms in total. The Bertz CT molecular complexity index is 482. The summed E-state index contributed by atoms with van der Waals surface area (Å²) in [5.41, 5.74) is 6.31. The number of rotatable bonds is 2. The van der Waals surface area contributed by atoms with E-state index < -0.39 is 0 Å². The maximum atomic E-state index is 5.60.